The smallest absolute Gasteiger partial charge is 0.244 e. The molecule has 0 radical (unpaired) electrons. The van der Waals surface area contributed by atoms with Gasteiger partial charge in [-0.05, 0) is 31.9 Å². The molecule has 1 aromatic heterocycles. The SMILES string of the molecule is Cc1ccc(-c2nnc(NC(=O)C(NS(=O)(=O)c3ccc(C)cc3)C(C)C)s2)cc1. The maximum atomic E-state index is 12.8. The maximum absolute atomic E-state index is 12.8. The number of nitrogens with one attached hydrogen (secondary N) is 2. The number of anilines is 1. The van der Waals surface area contributed by atoms with Crippen molar-refractivity contribution in [2.24, 2.45) is 5.92 Å². The van der Waals surface area contributed by atoms with Crippen LogP contribution in [0.2, 0.25) is 0 Å². The van der Waals surface area contributed by atoms with Gasteiger partial charge in [-0.1, -0.05) is 72.7 Å². The summed E-state index contributed by atoms with van der Waals surface area (Å²) in [6.45, 7) is 7.43. The van der Waals surface area contributed by atoms with Crippen molar-refractivity contribution in [2.45, 2.75) is 38.6 Å². The van der Waals surface area contributed by atoms with Gasteiger partial charge >= 0.3 is 0 Å². The van der Waals surface area contributed by atoms with Crippen LogP contribution in [0, 0.1) is 19.8 Å². The molecular weight excluding hydrogens is 420 g/mol. The molecule has 9 heteroatoms. The van der Waals surface area contributed by atoms with Gasteiger partial charge in [0.1, 0.15) is 11.0 Å². The Kier molecular flexibility index (Phi) is 6.64. The lowest BCUT2D eigenvalue weighted by Crippen LogP contribution is -2.47. The van der Waals surface area contributed by atoms with E-state index in [0.717, 1.165) is 16.7 Å². The van der Waals surface area contributed by atoms with Gasteiger partial charge in [-0.3, -0.25) is 10.1 Å². The highest BCUT2D eigenvalue weighted by Crippen LogP contribution is 2.27. The third-order valence-electron chi connectivity index (χ3n) is 4.52. The van der Waals surface area contributed by atoms with Crippen LogP contribution in [0.5, 0.6) is 0 Å². The Morgan fingerprint density at radius 1 is 0.933 bits per heavy atom. The monoisotopic (exact) mass is 444 g/mol. The molecule has 0 aliphatic heterocycles. The normalized spacial score (nSPS) is 12.7. The number of sulfonamides is 1. The Bertz CT molecular complexity index is 1120. The van der Waals surface area contributed by atoms with E-state index in [1.54, 1.807) is 26.0 Å². The van der Waals surface area contributed by atoms with E-state index in [-0.39, 0.29) is 10.8 Å². The molecule has 1 atom stereocenters. The van der Waals surface area contributed by atoms with Crippen molar-refractivity contribution in [1.29, 1.82) is 0 Å². The van der Waals surface area contributed by atoms with Crippen LogP contribution in [0.25, 0.3) is 10.6 Å². The fourth-order valence-electron chi connectivity index (χ4n) is 2.71. The maximum Gasteiger partial charge on any atom is 0.244 e. The first kappa shape index (κ1) is 22.1. The Morgan fingerprint density at radius 2 is 1.50 bits per heavy atom. The molecule has 0 saturated heterocycles. The van der Waals surface area contributed by atoms with E-state index in [4.69, 9.17) is 0 Å². The van der Waals surface area contributed by atoms with Crippen LogP contribution in [0.1, 0.15) is 25.0 Å². The fraction of sp³-hybridized carbons (Fsp3) is 0.286. The van der Waals surface area contributed by atoms with Gasteiger partial charge in [0.05, 0.1) is 4.90 Å². The van der Waals surface area contributed by atoms with Crippen molar-refractivity contribution in [3.8, 4) is 10.6 Å². The molecule has 2 N–H and O–H groups in total. The lowest BCUT2D eigenvalue weighted by atomic mass is 10.1. The summed E-state index contributed by atoms with van der Waals surface area (Å²) in [5.74, 6) is -0.748. The molecule has 1 unspecified atom stereocenters. The van der Waals surface area contributed by atoms with Gasteiger partial charge in [0, 0.05) is 5.56 Å². The molecule has 7 nitrogen and oxygen atoms in total. The molecule has 158 valence electrons. The molecule has 2 aromatic carbocycles. The first-order chi connectivity index (χ1) is 14.2. The number of rotatable bonds is 7. The van der Waals surface area contributed by atoms with Crippen molar-refractivity contribution < 1.29 is 13.2 Å². The second kappa shape index (κ2) is 9.03. The lowest BCUT2D eigenvalue weighted by Gasteiger charge is -2.21. The number of carbonyl (C=O) groups excluding carboxylic acids is 1. The largest absolute Gasteiger partial charge is 0.299 e. The zero-order chi connectivity index (χ0) is 21.9. The molecule has 0 bridgehead atoms. The lowest BCUT2D eigenvalue weighted by molar-refractivity contribution is -0.118. The number of carbonyl (C=O) groups is 1. The molecule has 0 aliphatic rings. The second-order valence-corrected chi connectivity index (χ2v) is 10.1. The highest BCUT2D eigenvalue weighted by molar-refractivity contribution is 7.89. The number of aromatic nitrogens is 2. The van der Waals surface area contributed by atoms with Gasteiger partial charge in [-0.2, -0.15) is 4.72 Å². The minimum absolute atomic E-state index is 0.115. The predicted octanol–water partition coefficient (Wildman–Crippen LogP) is 3.76. The first-order valence-electron chi connectivity index (χ1n) is 9.46. The van der Waals surface area contributed by atoms with E-state index in [1.165, 1.54) is 23.5 Å². The van der Waals surface area contributed by atoms with E-state index in [2.05, 4.69) is 20.2 Å². The highest BCUT2D eigenvalue weighted by atomic mass is 32.2. The minimum Gasteiger partial charge on any atom is -0.299 e. The van der Waals surface area contributed by atoms with Crippen LogP contribution in [0.15, 0.2) is 53.4 Å². The summed E-state index contributed by atoms with van der Waals surface area (Å²) in [5, 5.41) is 11.8. The molecule has 0 saturated carbocycles. The van der Waals surface area contributed by atoms with Gasteiger partial charge in [0.25, 0.3) is 0 Å². The standard InChI is InChI=1S/C21H24N4O3S2/c1-13(2)18(25-30(27,28)17-11-7-15(4)8-12-17)19(26)22-21-24-23-20(29-21)16-9-5-14(3)6-10-16/h5-13,18,25H,1-4H3,(H,22,24,26). The summed E-state index contributed by atoms with van der Waals surface area (Å²) in [5.41, 5.74) is 2.99. The number of benzene rings is 2. The molecule has 0 spiro atoms. The third kappa shape index (κ3) is 5.29. The summed E-state index contributed by atoms with van der Waals surface area (Å²) in [6.07, 6.45) is 0. The van der Waals surface area contributed by atoms with Crippen LogP contribution in [-0.4, -0.2) is 30.6 Å². The van der Waals surface area contributed by atoms with E-state index in [9.17, 15) is 13.2 Å². The summed E-state index contributed by atoms with van der Waals surface area (Å²) < 4.78 is 27.9. The van der Waals surface area contributed by atoms with Crippen LogP contribution in [-0.2, 0) is 14.8 Å². The number of nitrogens with zero attached hydrogens (tertiary/aromatic N) is 2. The van der Waals surface area contributed by atoms with Crippen molar-refractivity contribution in [2.75, 3.05) is 5.32 Å². The Hall–Kier alpha value is -2.62. The van der Waals surface area contributed by atoms with Gasteiger partial charge < -0.3 is 0 Å². The second-order valence-electron chi connectivity index (χ2n) is 7.42. The Balaban J connectivity index is 1.74. The van der Waals surface area contributed by atoms with Crippen molar-refractivity contribution in [3.05, 3.63) is 59.7 Å². The molecule has 0 fully saturated rings. The van der Waals surface area contributed by atoms with Gasteiger partial charge in [0.15, 0.2) is 0 Å². The third-order valence-corrected chi connectivity index (χ3v) is 6.86. The summed E-state index contributed by atoms with van der Waals surface area (Å²) in [6, 6.07) is 13.3. The van der Waals surface area contributed by atoms with E-state index < -0.39 is 22.0 Å². The topological polar surface area (TPSA) is 101 Å². The number of aryl methyl sites for hydroxylation is 2. The van der Waals surface area contributed by atoms with Gasteiger partial charge in [-0.25, -0.2) is 8.42 Å². The molecule has 1 heterocycles. The van der Waals surface area contributed by atoms with Gasteiger partial charge in [0.2, 0.25) is 21.1 Å². The average Bonchev–Trinajstić information content (AvgIpc) is 3.15. The summed E-state index contributed by atoms with van der Waals surface area (Å²) >= 11 is 1.23. The zero-order valence-corrected chi connectivity index (χ0v) is 18.8. The van der Waals surface area contributed by atoms with Crippen LogP contribution < -0.4 is 10.0 Å². The number of hydrogen-bond acceptors (Lipinski definition) is 6. The number of hydrogen-bond donors (Lipinski definition) is 2. The van der Waals surface area contributed by atoms with Crippen molar-refractivity contribution >= 4 is 32.4 Å². The quantitative estimate of drug-likeness (QED) is 0.578. The average molecular weight is 445 g/mol. The van der Waals surface area contributed by atoms with Crippen LogP contribution >= 0.6 is 11.3 Å². The zero-order valence-electron chi connectivity index (χ0n) is 17.2. The number of amides is 1. The Labute approximate surface area is 180 Å². The fourth-order valence-corrected chi connectivity index (χ4v) is 4.81. The van der Waals surface area contributed by atoms with Crippen LogP contribution in [0.4, 0.5) is 5.13 Å². The molecule has 1 amide bonds. The van der Waals surface area contributed by atoms with Crippen molar-refractivity contribution in [1.82, 2.24) is 14.9 Å². The minimum atomic E-state index is -3.84. The van der Waals surface area contributed by atoms with E-state index in [1.807, 2.05) is 38.1 Å². The van der Waals surface area contributed by atoms with Crippen molar-refractivity contribution in [3.63, 3.8) is 0 Å². The Morgan fingerprint density at radius 3 is 2.07 bits per heavy atom. The predicted molar refractivity (Wildman–Crippen MR) is 119 cm³/mol. The van der Waals surface area contributed by atoms with E-state index in [0.29, 0.717) is 10.1 Å². The molecule has 3 rings (SSSR count). The molecule has 0 aliphatic carbocycles. The van der Waals surface area contributed by atoms with Crippen LogP contribution in [0.3, 0.4) is 0 Å². The van der Waals surface area contributed by atoms with E-state index >= 15 is 0 Å². The van der Waals surface area contributed by atoms with Gasteiger partial charge in [-0.15, -0.1) is 10.2 Å². The highest BCUT2D eigenvalue weighted by Gasteiger charge is 2.29. The molecule has 3 aromatic rings. The molecule has 30 heavy (non-hydrogen) atoms. The molecular formula is C21H24N4O3S2. The first-order valence-corrected chi connectivity index (χ1v) is 11.8. The summed E-state index contributed by atoms with van der Waals surface area (Å²) in [7, 11) is -3.84. The summed E-state index contributed by atoms with van der Waals surface area (Å²) in [4.78, 5) is 12.9.